The average molecular weight is 349 g/mol. The molecular weight excluding hydrogens is 330 g/mol. The average Bonchev–Trinajstić information content (AvgIpc) is 3.08. The molecule has 2 aromatic rings. The minimum absolute atomic E-state index is 0.185. The molecule has 0 radical (unpaired) electrons. The van der Waals surface area contributed by atoms with Crippen LogP contribution in [-0.4, -0.2) is 46.4 Å². The number of carbonyl (C=O) groups is 1. The van der Waals surface area contributed by atoms with E-state index >= 15 is 0 Å². The smallest absolute Gasteiger partial charge is 0.250 e. The van der Waals surface area contributed by atoms with Crippen molar-refractivity contribution in [3.8, 4) is 0 Å². The van der Waals surface area contributed by atoms with Gasteiger partial charge in [0.15, 0.2) is 0 Å². The number of carbonyl (C=O) groups excluding carboxylic acids is 1. The lowest BCUT2D eigenvalue weighted by Gasteiger charge is -2.23. The Morgan fingerprint density at radius 1 is 1.33 bits per heavy atom. The molecule has 1 amide bonds. The summed E-state index contributed by atoms with van der Waals surface area (Å²) in [6.45, 7) is 2.17. The topological polar surface area (TPSA) is 92.5 Å². The van der Waals surface area contributed by atoms with Crippen LogP contribution in [0, 0.1) is 6.92 Å². The molecule has 0 bridgehead atoms. The highest BCUT2D eigenvalue weighted by atomic mass is 32.2. The van der Waals surface area contributed by atoms with E-state index in [4.69, 9.17) is 0 Å². The Morgan fingerprint density at radius 3 is 2.62 bits per heavy atom. The molecule has 1 atom stereocenters. The van der Waals surface area contributed by atoms with Crippen LogP contribution in [0.4, 0.5) is 0 Å². The van der Waals surface area contributed by atoms with E-state index in [1.54, 1.807) is 4.90 Å². The van der Waals surface area contributed by atoms with Crippen LogP contribution in [0.15, 0.2) is 30.5 Å². The molecular formula is C16H19N3O4S. The second kappa shape index (κ2) is 6.03. The zero-order chi connectivity index (χ0) is 17.5. The first-order valence-electron chi connectivity index (χ1n) is 7.54. The summed E-state index contributed by atoms with van der Waals surface area (Å²) in [6.07, 6.45) is 2.53. The van der Waals surface area contributed by atoms with Crippen LogP contribution < -0.4 is 0 Å². The number of hydrogen-bond donors (Lipinski definition) is 1. The van der Waals surface area contributed by atoms with Gasteiger partial charge in [-0.2, -0.15) is 9.19 Å². The summed E-state index contributed by atoms with van der Waals surface area (Å²) >= 11 is 0. The molecule has 1 N–H and O–H groups in total. The molecule has 1 aromatic heterocycles. The number of aliphatic hydroxyl groups is 1. The number of hydrogen-bond acceptors (Lipinski definition) is 5. The molecule has 7 nitrogen and oxygen atoms in total. The van der Waals surface area contributed by atoms with E-state index < -0.39 is 15.9 Å². The Morgan fingerprint density at radius 2 is 2.04 bits per heavy atom. The number of aromatic nitrogens is 2. The highest BCUT2D eigenvalue weighted by Gasteiger charge is 2.32. The van der Waals surface area contributed by atoms with Crippen molar-refractivity contribution in [3.63, 3.8) is 0 Å². The molecule has 1 aliphatic rings. The first kappa shape index (κ1) is 16.7. The molecule has 0 saturated heterocycles. The van der Waals surface area contributed by atoms with Gasteiger partial charge in [-0.25, -0.2) is 8.42 Å². The SMILES string of the molecule is Cc1ccccc1[C@@H](CO)C(=O)N1Cc2cn(S(C)(=O)=O)nc2C1. The summed E-state index contributed by atoms with van der Waals surface area (Å²) < 4.78 is 24.0. The Balaban J connectivity index is 1.81. The maximum atomic E-state index is 12.8. The van der Waals surface area contributed by atoms with E-state index in [0.717, 1.165) is 27.0 Å². The van der Waals surface area contributed by atoms with Gasteiger partial charge in [0.2, 0.25) is 5.91 Å². The molecule has 1 aliphatic heterocycles. The van der Waals surface area contributed by atoms with Crippen LogP contribution in [0.2, 0.25) is 0 Å². The number of benzene rings is 1. The van der Waals surface area contributed by atoms with Crippen molar-refractivity contribution in [1.29, 1.82) is 0 Å². The van der Waals surface area contributed by atoms with Crippen LogP contribution in [0.5, 0.6) is 0 Å². The highest BCUT2D eigenvalue weighted by molar-refractivity contribution is 7.89. The van der Waals surface area contributed by atoms with E-state index in [2.05, 4.69) is 5.10 Å². The van der Waals surface area contributed by atoms with E-state index in [0.29, 0.717) is 12.2 Å². The minimum atomic E-state index is -3.43. The lowest BCUT2D eigenvalue weighted by Crippen LogP contribution is -2.33. The van der Waals surface area contributed by atoms with Gasteiger partial charge in [-0.3, -0.25) is 4.79 Å². The number of aliphatic hydroxyl groups excluding tert-OH is 1. The van der Waals surface area contributed by atoms with Crippen molar-refractivity contribution in [2.45, 2.75) is 25.9 Å². The van der Waals surface area contributed by atoms with Gasteiger partial charge in [-0.1, -0.05) is 24.3 Å². The monoisotopic (exact) mass is 349 g/mol. The molecule has 8 heteroatoms. The molecule has 3 rings (SSSR count). The van der Waals surface area contributed by atoms with Crippen LogP contribution in [-0.2, 0) is 27.9 Å². The predicted molar refractivity (Wildman–Crippen MR) is 87.7 cm³/mol. The lowest BCUT2D eigenvalue weighted by atomic mass is 9.94. The van der Waals surface area contributed by atoms with E-state index in [1.807, 2.05) is 31.2 Å². The number of fused-ring (bicyclic) bond motifs is 1. The summed E-state index contributed by atoms with van der Waals surface area (Å²) in [4.78, 5) is 14.4. The van der Waals surface area contributed by atoms with E-state index in [-0.39, 0.29) is 19.1 Å². The molecule has 0 fully saturated rings. The van der Waals surface area contributed by atoms with Crippen molar-refractivity contribution >= 4 is 15.9 Å². The lowest BCUT2D eigenvalue weighted by molar-refractivity contribution is -0.134. The molecule has 0 unspecified atom stereocenters. The maximum absolute atomic E-state index is 12.8. The third-order valence-electron chi connectivity index (χ3n) is 4.25. The van der Waals surface area contributed by atoms with Gasteiger partial charge in [-0.15, -0.1) is 0 Å². The van der Waals surface area contributed by atoms with Gasteiger partial charge in [0.05, 0.1) is 31.0 Å². The highest BCUT2D eigenvalue weighted by Crippen LogP contribution is 2.28. The fourth-order valence-electron chi connectivity index (χ4n) is 2.96. The van der Waals surface area contributed by atoms with Crippen molar-refractivity contribution in [2.24, 2.45) is 0 Å². The second-order valence-electron chi connectivity index (χ2n) is 6.02. The van der Waals surface area contributed by atoms with Crippen LogP contribution in [0.25, 0.3) is 0 Å². The fraction of sp³-hybridized carbons (Fsp3) is 0.375. The number of aryl methyl sites for hydroxylation is 1. The Hall–Kier alpha value is -2.19. The molecule has 24 heavy (non-hydrogen) atoms. The molecule has 128 valence electrons. The van der Waals surface area contributed by atoms with Gasteiger partial charge in [0.1, 0.15) is 0 Å². The zero-order valence-corrected chi connectivity index (χ0v) is 14.3. The number of amides is 1. The Bertz CT molecular complexity index is 865. The maximum Gasteiger partial charge on any atom is 0.250 e. The summed E-state index contributed by atoms with van der Waals surface area (Å²) in [5.74, 6) is -0.812. The summed E-state index contributed by atoms with van der Waals surface area (Å²) in [5, 5.41) is 13.7. The Labute approximate surface area is 140 Å². The largest absolute Gasteiger partial charge is 0.395 e. The normalized spacial score (nSPS) is 15.4. The van der Waals surface area contributed by atoms with E-state index in [9.17, 15) is 18.3 Å². The van der Waals surface area contributed by atoms with Crippen molar-refractivity contribution < 1.29 is 18.3 Å². The molecule has 0 saturated carbocycles. The molecule has 2 heterocycles. The van der Waals surface area contributed by atoms with Gasteiger partial charge in [0, 0.05) is 18.3 Å². The predicted octanol–water partition coefficient (Wildman–Crippen LogP) is 0.618. The summed E-state index contributed by atoms with van der Waals surface area (Å²) in [6, 6.07) is 7.47. The third-order valence-corrected chi connectivity index (χ3v) is 5.12. The quantitative estimate of drug-likeness (QED) is 0.873. The summed E-state index contributed by atoms with van der Waals surface area (Å²) in [7, 11) is -3.43. The Kier molecular flexibility index (Phi) is 4.18. The first-order chi connectivity index (χ1) is 11.3. The number of nitrogens with zero attached hydrogens (tertiary/aromatic N) is 3. The fourth-order valence-corrected chi connectivity index (χ4v) is 3.53. The standard InChI is InChI=1S/C16H19N3O4S/c1-11-5-3-4-6-13(11)14(10-20)16(21)18-7-12-8-19(24(2,22)23)17-15(12)9-18/h3-6,8,14,20H,7,9-10H2,1-2H3/t14-/m1/s1. The van der Waals surface area contributed by atoms with E-state index in [1.165, 1.54) is 6.20 Å². The van der Waals surface area contributed by atoms with Gasteiger partial charge >= 0.3 is 0 Å². The van der Waals surface area contributed by atoms with Crippen LogP contribution >= 0.6 is 0 Å². The van der Waals surface area contributed by atoms with Crippen LogP contribution in [0.3, 0.4) is 0 Å². The van der Waals surface area contributed by atoms with Gasteiger partial charge in [-0.05, 0) is 18.1 Å². The first-order valence-corrected chi connectivity index (χ1v) is 9.39. The zero-order valence-electron chi connectivity index (χ0n) is 13.5. The van der Waals surface area contributed by atoms with Gasteiger partial charge < -0.3 is 10.0 Å². The molecule has 1 aromatic carbocycles. The van der Waals surface area contributed by atoms with Crippen molar-refractivity contribution in [3.05, 3.63) is 52.8 Å². The molecule has 0 aliphatic carbocycles. The van der Waals surface area contributed by atoms with Crippen molar-refractivity contribution in [1.82, 2.24) is 14.1 Å². The second-order valence-corrected chi connectivity index (χ2v) is 7.86. The number of rotatable bonds is 4. The van der Waals surface area contributed by atoms with Crippen molar-refractivity contribution in [2.75, 3.05) is 12.9 Å². The van der Waals surface area contributed by atoms with Gasteiger partial charge in [0.25, 0.3) is 10.0 Å². The summed E-state index contributed by atoms with van der Waals surface area (Å²) in [5.41, 5.74) is 3.05. The van der Waals surface area contributed by atoms with Crippen LogP contribution in [0.1, 0.15) is 28.3 Å². The third kappa shape index (κ3) is 2.94. The minimum Gasteiger partial charge on any atom is -0.395 e. The molecule has 0 spiro atoms.